The third-order valence-electron chi connectivity index (χ3n) is 1.39. The van der Waals surface area contributed by atoms with E-state index >= 15 is 0 Å². The topological polar surface area (TPSA) is 23.1 Å². The van der Waals surface area contributed by atoms with Crippen LogP contribution in [0, 0.1) is 5.92 Å². The molecule has 0 amide bonds. The van der Waals surface area contributed by atoms with E-state index in [1.54, 1.807) is 0 Å². The molecule has 0 aliphatic rings. The van der Waals surface area contributed by atoms with Crippen LogP contribution >= 0.6 is 11.9 Å². The predicted octanol–water partition coefficient (Wildman–Crippen LogP) is 2.72. The molecule has 0 rings (SSSR count). The van der Waals surface area contributed by atoms with Crippen LogP contribution in [-0.4, -0.2) is 0 Å². The van der Waals surface area contributed by atoms with Crippen molar-refractivity contribution in [2.24, 2.45) is 5.92 Å². The van der Waals surface area contributed by atoms with Gasteiger partial charge in [-0.05, 0) is 5.92 Å². The SMILES string of the molecule is CCCCCC(C)C.[O-]Cl. The molecule has 0 unspecified atom stereocenters. The van der Waals surface area contributed by atoms with E-state index in [4.69, 9.17) is 4.66 Å². The molecule has 0 spiro atoms. The summed E-state index contributed by atoms with van der Waals surface area (Å²) < 4.78 is 7.72. The van der Waals surface area contributed by atoms with Gasteiger partial charge in [0.05, 0.1) is 0 Å². The molecule has 0 N–H and O–H groups in total. The Morgan fingerprint density at radius 3 is 2.00 bits per heavy atom. The molecule has 0 aromatic carbocycles. The molecule has 0 saturated heterocycles. The molecule has 0 fully saturated rings. The van der Waals surface area contributed by atoms with Gasteiger partial charge in [0.2, 0.25) is 0 Å². The highest BCUT2D eigenvalue weighted by atomic mass is 35.5. The fourth-order valence-corrected chi connectivity index (χ4v) is 0.803. The van der Waals surface area contributed by atoms with E-state index in [0.717, 1.165) is 5.92 Å². The van der Waals surface area contributed by atoms with Gasteiger partial charge >= 0.3 is 0 Å². The van der Waals surface area contributed by atoms with Crippen LogP contribution < -0.4 is 4.66 Å². The molecule has 0 heterocycles. The highest BCUT2D eigenvalue weighted by molar-refractivity contribution is 6.02. The van der Waals surface area contributed by atoms with E-state index in [1.165, 1.54) is 25.7 Å². The lowest BCUT2D eigenvalue weighted by Crippen LogP contribution is -1.85. The molecule has 0 aromatic heterocycles. The Kier molecular flexibility index (Phi) is 15.4. The Hall–Kier alpha value is 0.250. The molecule has 0 bridgehead atoms. The number of hydrogen-bond donors (Lipinski definition) is 0. The van der Waals surface area contributed by atoms with Gasteiger partial charge < -0.3 is 4.66 Å². The standard InChI is InChI=1S/C8H18.ClO/c1-4-5-6-7-8(2)3;1-2/h8H,4-7H2,1-3H3;/q;-1. The first-order valence-electron chi connectivity index (χ1n) is 3.92. The van der Waals surface area contributed by atoms with Crippen LogP contribution in [-0.2, 0) is 0 Å². The quantitative estimate of drug-likeness (QED) is 0.588. The van der Waals surface area contributed by atoms with Crippen molar-refractivity contribution in [3.63, 3.8) is 0 Å². The zero-order valence-electron chi connectivity index (χ0n) is 7.19. The number of unbranched alkanes of at least 4 members (excludes halogenated alkanes) is 2. The molecule has 0 aliphatic carbocycles. The van der Waals surface area contributed by atoms with Gasteiger partial charge in [0.25, 0.3) is 0 Å². The van der Waals surface area contributed by atoms with E-state index in [0.29, 0.717) is 0 Å². The summed E-state index contributed by atoms with van der Waals surface area (Å²) in [6.07, 6.45) is 5.60. The Balaban J connectivity index is 0. The molecule has 0 atom stereocenters. The van der Waals surface area contributed by atoms with Gasteiger partial charge in [0.15, 0.2) is 0 Å². The first-order valence-corrected chi connectivity index (χ1v) is 4.23. The van der Waals surface area contributed by atoms with Crippen LogP contribution in [0.2, 0.25) is 0 Å². The molecule has 0 saturated carbocycles. The first kappa shape index (κ1) is 12.9. The Morgan fingerprint density at radius 2 is 1.70 bits per heavy atom. The number of halogens is 1. The normalized spacial score (nSPS) is 9.00. The molecule has 10 heavy (non-hydrogen) atoms. The molecular formula is C8H18ClO-. The first-order chi connectivity index (χ1) is 4.77. The van der Waals surface area contributed by atoms with Gasteiger partial charge in [-0.1, -0.05) is 46.5 Å². The largest absolute Gasteiger partial charge is 0.769 e. The average Bonchev–Trinajstić information content (AvgIpc) is 1.92. The molecule has 0 radical (unpaired) electrons. The lowest BCUT2D eigenvalue weighted by Gasteiger charge is -2.00. The molecule has 0 aromatic rings. The van der Waals surface area contributed by atoms with E-state index < -0.39 is 0 Å². The van der Waals surface area contributed by atoms with Gasteiger partial charge in [-0.3, -0.25) is 0 Å². The maximum atomic E-state index is 7.72. The molecule has 0 aliphatic heterocycles. The van der Waals surface area contributed by atoms with Crippen LogP contribution in [0.4, 0.5) is 0 Å². The molecule has 64 valence electrons. The summed E-state index contributed by atoms with van der Waals surface area (Å²) in [6.45, 7) is 6.83. The summed E-state index contributed by atoms with van der Waals surface area (Å²) >= 11 is 3.39. The second-order valence-electron chi connectivity index (χ2n) is 2.89. The van der Waals surface area contributed by atoms with Crippen LogP contribution in [0.25, 0.3) is 0 Å². The second kappa shape index (κ2) is 12.0. The Bertz CT molecular complexity index is 46.5. The summed E-state index contributed by atoms with van der Waals surface area (Å²) in [4.78, 5) is 0. The number of hydrogen-bond acceptors (Lipinski definition) is 1. The van der Waals surface area contributed by atoms with Gasteiger partial charge in [-0.25, -0.2) is 11.9 Å². The molecule has 2 heteroatoms. The van der Waals surface area contributed by atoms with Crippen molar-refractivity contribution in [1.82, 2.24) is 0 Å². The van der Waals surface area contributed by atoms with Crippen molar-refractivity contribution in [1.29, 1.82) is 0 Å². The summed E-state index contributed by atoms with van der Waals surface area (Å²) in [5, 5.41) is 0. The van der Waals surface area contributed by atoms with Crippen LogP contribution in [0.3, 0.4) is 0 Å². The highest BCUT2D eigenvalue weighted by Crippen LogP contribution is 2.06. The Morgan fingerprint density at radius 1 is 1.20 bits per heavy atom. The maximum Gasteiger partial charge on any atom is -0.0471 e. The highest BCUT2D eigenvalue weighted by Gasteiger charge is 1.90. The van der Waals surface area contributed by atoms with E-state index in [1.807, 2.05) is 0 Å². The minimum absolute atomic E-state index is 0.904. The average molecular weight is 166 g/mol. The lowest BCUT2D eigenvalue weighted by atomic mass is 10.1. The Labute approximate surface area is 69.6 Å². The van der Waals surface area contributed by atoms with E-state index in [2.05, 4.69) is 32.6 Å². The lowest BCUT2D eigenvalue weighted by molar-refractivity contribution is -0.166. The van der Waals surface area contributed by atoms with Gasteiger partial charge in [0.1, 0.15) is 0 Å². The minimum atomic E-state index is 0.904. The van der Waals surface area contributed by atoms with E-state index in [-0.39, 0.29) is 0 Å². The van der Waals surface area contributed by atoms with E-state index in [9.17, 15) is 0 Å². The van der Waals surface area contributed by atoms with Crippen LogP contribution in [0.15, 0.2) is 0 Å². The maximum absolute atomic E-state index is 7.72. The zero-order chi connectivity index (χ0) is 8.41. The van der Waals surface area contributed by atoms with Gasteiger partial charge in [-0.15, -0.1) is 0 Å². The predicted molar refractivity (Wildman–Crippen MR) is 44.8 cm³/mol. The van der Waals surface area contributed by atoms with Crippen molar-refractivity contribution in [3.05, 3.63) is 0 Å². The summed E-state index contributed by atoms with van der Waals surface area (Å²) in [5.41, 5.74) is 0. The fourth-order valence-electron chi connectivity index (χ4n) is 0.803. The minimum Gasteiger partial charge on any atom is -0.769 e. The molecular weight excluding hydrogens is 148 g/mol. The van der Waals surface area contributed by atoms with Crippen LogP contribution in [0.1, 0.15) is 46.5 Å². The summed E-state index contributed by atoms with van der Waals surface area (Å²) in [5.74, 6) is 0.904. The monoisotopic (exact) mass is 165 g/mol. The summed E-state index contributed by atoms with van der Waals surface area (Å²) in [7, 11) is 0. The fraction of sp³-hybridized carbons (Fsp3) is 1.00. The van der Waals surface area contributed by atoms with Crippen molar-refractivity contribution >= 4 is 11.9 Å². The van der Waals surface area contributed by atoms with Crippen molar-refractivity contribution in [3.8, 4) is 0 Å². The zero-order valence-corrected chi connectivity index (χ0v) is 7.95. The van der Waals surface area contributed by atoms with Gasteiger partial charge in [-0.2, -0.15) is 0 Å². The summed E-state index contributed by atoms with van der Waals surface area (Å²) in [6, 6.07) is 0. The van der Waals surface area contributed by atoms with Gasteiger partial charge in [0, 0.05) is 0 Å². The van der Waals surface area contributed by atoms with Crippen LogP contribution in [0.5, 0.6) is 0 Å². The molecule has 1 nitrogen and oxygen atoms in total. The van der Waals surface area contributed by atoms with Crippen molar-refractivity contribution < 1.29 is 4.66 Å². The third-order valence-corrected chi connectivity index (χ3v) is 1.39. The second-order valence-corrected chi connectivity index (χ2v) is 2.89. The van der Waals surface area contributed by atoms with Crippen molar-refractivity contribution in [2.45, 2.75) is 46.5 Å². The smallest absolute Gasteiger partial charge is 0.0471 e. The van der Waals surface area contributed by atoms with Crippen molar-refractivity contribution in [2.75, 3.05) is 0 Å². The third kappa shape index (κ3) is 15.7. The number of rotatable bonds is 4.